The molecular weight excluding hydrogens is 518 g/mol. The number of hydrogen-bond acceptors (Lipinski definition) is 2. The van der Waals surface area contributed by atoms with Gasteiger partial charge < -0.3 is 9.47 Å². The quantitative estimate of drug-likeness (QED) is 0.181. The van der Waals surface area contributed by atoms with Crippen molar-refractivity contribution in [1.82, 2.24) is 0 Å². The fourth-order valence-electron chi connectivity index (χ4n) is 4.04. The van der Waals surface area contributed by atoms with Gasteiger partial charge in [0.15, 0.2) is 0 Å². The highest BCUT2D eigenvalue weighted by molar-refractivity contribution is 5.48. The van der Waals surface area contributed by atoms with Gasteiger partial charge in [-0.2, -0.15) is 26.3 Å². The van der Waals surface area contributed by atoms with Gasteiger partial charge in [-0.15, -0.1) is 12.8 Å². The molecule has 0 aromatic heterocycles. The highest BCUT2D eigenvalue weighted by atomic mass is 19.4. The first-order valence-corrected chi connectivity index (χ1v) is 11.3. The Bertz CT molecular complexity index is 1380. The third-order valence-electron chi connectivity index (χ3n) is 5.94. The van der Waals surface area contributed by atoms with Crippen molar-refractivity contribution in [3.63, 3.8) is 0 Å². The van der Waals surface area contributed by atoms with Gasteiger partial charge >= 0.3 is 12.4 Å². The van der Waals surface area contributed by atoms with Gasteiger partial charge in [-0.25, -0.2) is 0 Å². The Morgan fingerprint density at radius 1 is 0.436 bits per heavy atom. The average Bonchev–Trinajstić information content (AvgIpc) is 2.90. The van der Waals surface area contributed by atoms with Gasteiger partial charge in [0.1, 0.15) is 23.0 Å². The molecule has 8 heteroatoms. The molecule has 4 aromatic carbocycles. The third-order valence-corrected chi connectivity index (χ3v) is 5.94. The summed E-state index contributed by atoms with van der Waals surface area (Å²) in [7, 11) is 0. The maximum Gasteiger partial charge on any atom is 0.411 e. The molecule has 0 bridgehead atoms. The zero-order chi connectivity index (χ0) is 28.3. The van der Waals surface area contributed by atoms with Crippen LogP contribution in [0.4, 0.5) is 26.3 Å². The second-order valence-corrected chi connectivity index (χ2v) is 8.34. The van der Waals surface area contributed by atoms with Gasteiger partial charge in [-0.05, 0) is 83.9 Å². The molecule has 0 fully saturated rings. The molecule has 4 aromatic rings. The minimum absolute atomic E-state index is 0.0464. The average molecular weight is 536 g/mol. The first-order chi connectivity index (χ1) is 18.5. The van der Waals surface area contributed by atoms with Gasteiger partial charge in [-0.1, -0.05) is 36.1 Å². The van der Waals surface area contributed by atoms with E-state index in [-0.39, 0.29) is 11.5 Å². The molecule has 0 unspecified atom stereocenters. The van der Waals surface area contributed by atoms with Crippen molar-refractivity contribution < 1.29 is 35.8 Å². The second-order valence-electron chi connectivity index (χ2n) is 8.34. The van der Waals surface area contributed by atoms with Crippen molar-refractivity contribution in [3.05, 3.63) is 119 Å². The van der Waals surface area contributed by atoms with Gasteiger partial charge in [0, 0.05) is 11.1 Å². The normalized spacial score (nSPS) is 11.8. The molecule has 2 nitrogen and oxygen atoms in total. The van der Waals surface area contributed by atoms with Crippen molar-refractivity contribution in [2.24, 2.45) is 0 Å². The largest absolute Gasteiger partial charge is 0.457 e. The summed E-state index contributed by atoms with van der Waals surface area (Å²) < 4.78 is 97.9. The van der Waals surface area contributed by atoms with E-state index in [1.807, 2.05) is 0 Å². The highest BCUT2D eigenvalue weighted by Gasteiger charge is 2.72. The van der Waals surface area contributed by atoms with Crippen molar-refractivity contribution in [2.75, 3.05) is 0 Å². The minimum atomic E-state index is -5.73. The molecule has 4 rings (SSSR count). The number of hydrogen-bond donors (Lipinski definition) is 0. The Hall–Kier alpha value is -4.82. The predicted octanol–water partition coefficient (Wildman–Crippen LogP) is 8.64. The SMILES string of the molecule is C#Cc1ccc(Oc2ccc(C(c3ccc(Oc4ccc(C#C)cc4)cc3)(C(F)(F)F)C(F)(F)F)cc2)cc1. The first-order valence-electron chi connectivity index (χ1n) is 11.3. The maximum absolute atomic E-state index is 14.5. The van der Waals surface area contributed by atoms with E-state index in [1.54, 1.807) is 24.3 Å². The van der Waals surface area contributed by atoms with E-state index in [9.17, 15) is 26.3 Å². The molecule has 0 N–H and O–H groups in total. The fourth-order valence-corrected chi connectivity index (χ4v) is 4.04. The summed E-state index contributed by atoms with van der Waals surface area (Å²) in [6.45, 7) is 0. The Morgan fingerprint density at radius 3 is 0.923 bits per heavy atom. The summed E-state index contributed by atoms with van der Waals surface area (Å²) in [5.74, 6) is 5.56. The smallest absolute Gasteiger partial charge is 0.411 e. The molecular formula is C31H18F6O2. The lowest BCUT2D eigenvalue weighted by molar-refractivity contribution is -0.288. The van der Waals surface area contributed by atoms with Gasteiger partial charge in [0.25, 0.3) is 0 Å². The third kappa shape index (κ3) is 5.42. The molecule has 196 valence electrons. The summed E-state index contributed by atoms with van der Waals surface area (Å²) in [6, 6.07) is 19.7. The number of ether oxygens (including phenoxy) is 2. The molecule has 0 atom stereocenters. The molecule has 0 saturated carbocycles. The van der Waals surface area contributed by atoms with Crippen molar-refractivity contribution in [1.29, 1.82) is 0 Å². The van der Waals surface area contributed by atoms with Crippen LogP contribution in [-0.4, -0.2) is 12.4 Å². The molecule has 0 aliphatic carbocycles. The van der Waals surface area contributed by atoms with Gasteiger partial charge in [0.2, 0.25) is 5.41 Å². The number of rotatable bonds is 6. The number of alkyl halides is 6. The van der Waals surface area contributed by atoms with Gasteiger partial charge in [0.05, 0.1) is 0 Å². The Balaban J connectivity index is 1.69. The maximum atomic E-state index is 14.5. The van der Waals surface area contributed by atoms with Crippen LogP contribution in [0, 0.1) is 24.7 Å². The van der Waals surface area contributed by atoms with E-state index in [2.05, 4.69) is 11.8 Å². The minimum Gasteiger partial charge on any atom is -0.457 e. The summed E-state index contributed by atoms with van der Waals surface area (Å²) in [4.78, 5) is 0. The van der Waals surface area contributed by atoms with Crippen LogP contribution in [0.2, 0.25) is 0 Å². The number of halogens is 6. The number of terminal acetylenes is 2. The van der Waals surface area contributed by atoms with Crippen LogP contribution >= 0.6 is 0 Å². The second kappa shape index (κ2) is 10.5. The zero-order valence-electron chi connectivity index (χ0n) is 20.0. The summed E-state index contributed by atoms with van der Waals surface area (Å²) >= 11 is 0. The van der Waals surface area contributed by atoms with Crippen LogP contribution in [0.1, 0.15) is 22.3 Å². The van der Waals surface area contributed by atoms with Crippen molar-refractivity contribution in [2.45, 2.75) is 17.8 Å². The Labute approximate surface area is 220 Å². The zero-order valence-corrected chi connectivity index (χ0v) is 20.0. The summed E-state index contributed by atoms with van der Waals surface area (Å²) in [5, 5.41) is 0. The molecule has 0 heterocycles. The van der Waals surface area contributed by atoms with Crippen LogP contribution in [0.15, 0.2) is 97.1 Å². The predicted molar refractivity (Wildman–Crippen MR) is 135 cm³/mol. The lowest BCUT2D eigenvalue weighted by Gasteiger charge is -2.38. The van der Waals surface area contributed by atoms with E-state index in [0.717, 1.165) is 48.5 Å². The standard InChI is InChI=1S/C31H18F6O2/c1-3-21-5-13-25(14-6-21)38-27-17-9-23(10-18-27)29(30(32,33)34,31(35,36)37)24-11-19-28(20-12-24)39-26-15-7-22(4-2)8-16-26/h1-2,5-20H. The van der Waals surface area contributed by atoms with Gasteiger partial charge in [-0.3, -0.25) is 0 Å². The monoisotopic (exact) mass is 536 g/mol. The van der Waals surface area contributed by atoms with E-state index in [1.165, 1.54) is 24.3 Å². The Kier molecular flexibility index (Phi) is 7.34. The van der Waals surface area contributed by atoms with Crippen LogP contribution < -0.4 is 9.47 Å². The number of benzene rings is 4. The summed E-state index contributed by atoms with van der Waals surface area (Å²) in [6.07, 6.45) is -0.874. The topological polar surface area (TPSA) is 18.5 Å². The molecule has 0 amide bonds. The van der Waals surface area contributed by atoms with Crippen LogP contribution in [0.25, 0.3) is 0 Å². The van der Waals surface area contributed by atoms with Crippen LogP contribution in [0.5, 0.6) is 23.0 Å². The first kappa shape index (κ1) is 27.2. The highest BCUT2D eigenvalue weighted by Crippen LogP contribution is 2.56. The lowest BCUT2D eigenvalue weighted by Crippen LogP contribution is -2.54. The fraction of sp³-hybridized carbons (Fsp3) is 0.0968. The summed E-state index contributed by atoms with van der Waals surface area (Å²) in [5.41, 5.74) is -5.18. The van der Waals surface area contributed by atoms with Crippen LogP contribution in [-0.2, 0) is 5.41 Å². The van der Waals surface area contributed by atoms with E-state index in [0.29, 0.717) is 22.6 Å². The Morgan fingerprint density at radius 2 is 0.692 bits per heavy atom. The van der Waals surface area contributed by atoms with E-state index < -0.39 is 28.9 Å². The van der Waals surface area contributed by atoms with E-state index >= 15 is 0 Å². The van der Waals surface area contributed by atoms with Crippen molar-refractivity contribution in [3.8, 4) is 47.7 Å². The van der Waals surface area contributed by atoms with Crippen LogP contribution in [0.3, 0.4) is 0 Å². The molecule has 0 spiro atoms. The van der Waals surface area contributed by atoms with E-state index in [4.69, 9.17) is 22.3 Å². The molecule has 39 heavy (non-hydrogen) atoms. The molecule has 0 saturated heterocycles. The van der Waals surface area contributed by atoms with Crippen molar-refractivity contribution >= 4 is 0 Å². The molecule has 0 aliphatic rings. The lowest BCUT2D eigenvalue weighted by atomic mass is 9.73. The molecule has 0 radical (unpaired) electrons. The molecule has 0 aliphatic heterocycles.